The maximum Gasteiger partial charge on any atom is 0.305 e. The van der Waals surface area contributed by atoms with Crippen LogP contribution in [0, 0.1) is 5.92 Å². The lowest BCUT2D eigenvalue weighted by Crippen LogP contribution is -2.15. The van der Waals surface area contributed by atoms with Gasteiger partial charge < -0.3 is 14.2 Å². The van der Waals surface area contributed by atoms with Gasteiger partial charge in [-0.3, -0.25) is 4.79 Å². The summed E-state index contributed by atoms with van der Waals surface area (Å²) in [6.45, 7) is 9.99. The summed E-state index contributed by atoms with van der Waals surface area (Å²) in [5.74, 6) is 0.467. The summed E-state index contributed by atoms with van der Waals surface area (Å²) < 4.78 is 16.7. The van der Waals surface area contributed by atoms with Crippen LogP contribution in [0.2, 0.25) is 0 Å². The quantitative estimate of drug-likeness (QED) is 0.107. The van der Waals surface area contributed by atoms with Crippen LogP contribution in [-0.2, 0) is 19.0 Å². The molecule has 0 saturated heterocycles. The number of ether oxygens (including phenoxy) is 3. The van der Waals surface area contributed by atoms with Crippen LogP contribution >= 0.6 is 0 Å². The van der Waals surface area contributed by atoms with Crippen molar-refractivity contribution in [2.75, 3.05) is 33.0 Å². The standard InChI is InChI=1S/C27H54O4/c1-4-7-10-12-13-15-19-26(18-14-11-8-5-2)25-31-27(28)20-17-22-30-24-23-29-21-16-9-6-3/h26H,4-25H2,1-3H3. The van der Waals surface area contributed by atoms with Crippen LogP contribution in [0.5, 0.6) is 0 Å². The minimum Gasteiger partial charge on any atom is -0.465 e. The molecule has 0 aromatic heterocycles. The molecule has 0 aromatic carbocycles. The summed E-state index contributed by atoms with van der Waals surface area (Å²) >= 11 is 0. The van der Waals surface area contributed by atoms with E-state index >= 15 is 0 Å². The van der Waals surface area contributed by atoms with Crippen molar-refractivity contribution >= 4 is 5.97 Å². The second-order valence-corrected chi connectivity index (χ2v) is 8.99. The molecule has 186 valence electrons. The summed E-state index contributed by atoms with van der Waals surface area (Å²) in [5, 5.41) is 0. The lowest BCUT2D eigenvalue weighted by molar-refractivity contribution is -0.145. The molecular formula is C27H54O4. The molecule has 0 rings (SSSR count). The molecule has 0 amide bonds. The molecule has 1 atom stereocenters. The van der Waals surface area contributed by atoms with Gasteiger partial charge in [-0.1, -0.05) is 97.8 Å². The predicted octanol–water partition coefficient (Wildman–Crippen LogP) is 7.87. The number of esters is 1. The Kier molecular flexibility index (Phi) is 25.1. The molecule has 31 heavy (non-hydrogen) atoms. The summed E-state index contributed by atoms with van der Waals surface area (Å²) in [6, 6.07) is 0. The highest BCUT2D eigenvalue weighted by Gasteiger charge is 2.12. The summed E-state index contributed by atoms with van der Waals surface area (Å²) in [6.07, 6.45) is 20.3. The molecular weight excluding hydrogens is 388 g/mol. The molecule has 4 nitrogen and oxygen atoms in total. The first-order valence-electron chi connectivity index (χ1n) is 13.6. The Labute approximate surface area is 194 Å². The fraction of sp³-hybridized carbons (Fsp3) is 0.963. The van der Waals surface area contributed by atoms with E-state index in [-0.39, 0.29) is 5.97 Å². The SMILES string of the molecule is CCCCCCCCC(CCCCCC)COC(=O)CCCOCCOCCCCC. The molecule has 0 fully saturated rings. The van der Waals surface area contributed by atoms with Crippen molar-refractivity contribution in [1.29, 1.82) is 0 Å². The van der Waals surface area contributed by atoms with E-state index < -0.39 is 0 Å². The van der Waals surface area contributed by atoms with Crippen LogP contribution in [0.3, 0.4) is 0 Å². The number of hydrogen-bond donors (Lipinski definition) is 0. The van der Waals surface area contributed by atoms with Gasteiger partial charge in [0, 0.05) is 19.6 Å². The number of rotatable bonds is 25. The van der Waals surface area contributed by atoms with Crippen molar-refractivity contribution < 1.29 is 19.0 Å². The highest BCUT2D eigenvalue weighted by atomic mass is 16.5. The van der Waals surface area contributed by atoms with Gasteiger partial charge in [0.1, 0.15) is 0 Å². The first kappa shape index (κ1) is 30.4. The Morgan fingerprint density at radius 1 is 0.581 bits per heavy atom. The zero-order valence-corrected chi connectivity index (χ0v) is 21.3. The lowest BCUT2D eigenvalue weighted by atomic mass is 9.95. The van der Waals surface area contributed by atoms with E-state index in [0.717, 1.165) is 19.4 Å². The Morgan fingerprint density at radius 3 is 1.68 bits per heavy atom. The molecule has 0 bridgehead atoms. The molecule has 0 aliphatic heterocycles. The number of carbonyl (C=O) groups is 1. The second kappa shape index (κ2) is 25.6. The first-order chi connectivity index (χ1) is 15.2. The highest BCUT2D eigenvalue weighted by Crippen LogP contribution is 2.19. The molecule has 0 N–H and O–H groups in total. The third kappa shape index (κ3) is 23.9. The third-order valence-electron chi connectivity index (χ3n) is 5.85. The molecule has 0 aliphatic carbocycles. The van der Waals surface area contributed by atoms with E-state index in [9.17, 15) is 4.79 Å². The van der Waals surface area contributed by atoms with Gasteiger partial charge in [0.2, 0.25) is 0 Å². The summed E-state index contributed by atoms with van der Waals surface area (Å²) in [4.78, 5) is 12.1. The van der Waals surface area contributed by atoms with Crippen LogP contribution in [0.4, 0.5) is 0 Å². The van der Waals surface area contributed by atoms with Gasteiger partial charge in [0.15, 0.2) is 0 Å². The fourth-order valence-corrected chi connectivity index (χ4v) is 3.76. The van der Waals surface area contributed by atoms with E-state index in [2.05, 4.69) is 20.8 Å². The zero-order valence-electron chi connectivity index (χ0n) is 21.3. The fourth-order valence-electron chi connectivity index (χ4n) is 3.76. The maximum absolute atomic E-state index is 12.1. The van der Waals surface area contributed by atoms with Gasteiger partial charge in [-0.15, -0.1) is 0 Å². The smallest absolute Gasteiger partial charge is 0.305 e. The Bertz CT molecular complexity index is 359. The van der Waals surface area contributed by atoms with Crippen molar-refractivity contribution in [2.45, 2.75) is 130 Å². The minimum atomic E-state index is -0.0686. The second-order valence-electron chi connectivity index (χ2n) is 8.99. The van der Waals surface area contributed by atoms with E-state index in [4.69, 9.17) is 14.2 Å². The molecule has 0 aromatic rings. The zero-order chi connectivity index (χ0) is 22.8. The number of carbonyl (C=O) groups excluding carboxylic acids is 1. The van der Waals surface area contributed by atoms with E-state index in [0.29, 0.717) is 38.8 Å². The van der Waals surface area contributed by atoms with Crippen LogP contribution in [0.25, 0.3) is 0 Å². The van der Waals surface area contributed by atoms with Gasteiger partial charge in [-0.2, -0.15) is 0 Å². The molecule has 4 heteroatoms. The van der Waals surface area contributed by atoms with Gasteiger partial charge in [-0.25, -0.2) is 0 Å². The number of hydrogen-bond acceptors (Lipinski definition) is 4. The average molecular weight is 443 g/mol. The minimum absolute atomic E-state index is 0.0686. The summed E-state index contributed by atoms with van der Waals surface area (Å²) in [7, 11) is 0. The van der Waals surface area contributed by atoms with Crippen molar-refractivity contribution in [3.63, 3.8) is 0 Å². The van der Waals surface area contributed by atoms with Crippen LogP contribution < -0.4 is 0 Å². The highest BCUT2D eigenvalue weighted by molar-refractivity contribution is 5.69. The summed E-state index contributed by atoms with van der Waals surface area (Å²) in [5.41, 5.74) is 0. The van der Waals surface area contributed by atoms with Crippen LogP contribution in [0.1, 0.15) is 130 Å². The van der Waals surface area contributed by atoms with Crippen molar-refractivity contribution in [3.8, 4) is 0 Å². The van der Waals surface area contributed by atoms with E-state index in [1.807, 2.05) is 0 Å². The molecule has 0 aliphatic rings. The van der Waals surface area contributed by atoms with Gasteiger partial charge >= 0.3 is 5.97 Å². The monoisotopic (exact) mass is 442 g/mol. The topological polar surface area (TPSA) is 44.8 Å². The van der Waals surface area contributed by atoms with Crippen LogP contribution in [-0.4, -0.2) is 39.0 Å². The van der Waals surface area contributed by atoms with Crippen LogP contribution in [0.15, 0.2) is 0 Å². The van der Waals surface area contributed by atoms with Crippen molar-refractivity contribution in [1.82, 2.24) is 0 Å². The molecule has 0 radical (unpaired) electrons. The maximum atomic E-state index is 12.1. The van der Waals surface area contributed by atoms with E-state index in [1.54, 1.807) is 0 Å². The van der Waals surface area contributed by atoms with Gasteiger partial charge in [-0.05, 0) is 31.6 Å². The first-order valence-corrected chi connectivity index (χ1v) is 13.6. The Hall–Kier alpha value is -0.610. The van der Waals surface area contributed by atoms with Gasteiger partial charge in [0.25, 0.3) is 0 Å². The van der Waals surface area contributed by atoms with Crippen molar-refractivity contribution in [3.05, 3.63) is 0 Å². The van der Waals surface area contributed by atoms with E-state index in [1.165, 1.54) is 89.9 Å². The number of unbranched alkanes of at least 4 members (excludes halogenated alkanes) is 10. The predicted molar refractivity (Wildman–Crippen MR) is 132 cm³/mol. The molecule has 0 saturated carbocycles. The normalized spacial score (nSPS) is 12.2. The molecule has 0 spiro atoms. The average Bonchev–Trinajstić information content (AvgIpc) is 2.78. The third-order valence-corrected chi connectivity index (χ3v) is 5.85. The van der Waals surface area contributed by atoms with Crippen molar-refractivity contribution in [2.24, 2.45) is 5.92 Å². The molecule has 0 heterocycles. The largest absolute Gasteiger partial charge is 0.465 e. The Morgan fingerprint density at radius 2 is 1.06 bits per heavy atom. The Balaban J connectivity index is 3.79. The lowest BCUT2D eigenvalue weighted by Gasteiger charge is -2.17. The van der Waals surface area contributed by atoms with Gasteiger partial charge in [0.05, 0.1) is 19.8 Å². The molecule has 1 unspecified atom stereocenters.